The summed E-state index contributed by atoms with van der Waals surface area (Å²) in [5.41, 5.74) is 2.48. The summed E-state index contributed by atoms with van der Waals surface area (Å²) in [6.07, 6.45) is -1.54. The Bertz CT molecular complexity index is 556. The molecule has 0 aliphatic carbocycles. The van der Waals surface area contributed by atoms with Crippen LogP contribution in [-0.4, -0.2) is 58.8 Å². The van der Waals surface area contributed by atoms with Gasteiger partial charge in [0.15, 0.2) is 0 Å². The number of carbonyl (C=O) groups is 4. The van der Waals surface area contributed by atoms with E-state index in [1.54, 1.807) is 41.5 Å². The van der Waals surface area contributed by atoms with Gasteiger partial charge in [0.1, 0.15) is 23.3 Å². The maximum absolute atomic E-state index is 11.9. The molecule has 14 heteroatoms. The van der Waals surface area contributed by atoms with E-state index in [-0.39, 0.29) is 11.5 Å². The second-order valence-electron chi connectivity index (χ2n) is 7.98. The molecule has 0 aromatic rings. The number of carbonyl (C=O) groups excluding carboxylic acids is 4. The molecule has 0 aliphatic heterocycles. The van der Waals surface area contributed by atoms with Crippen LogP contribution in [0, 0.1) is 0 Å². The second-order valence-corrected chi connectivity index (χ2v) is 10.5. The summed E-state index contributed by atoms with van der Waals surface area (Å²) in [7, 11) is 2.36. The average Bonchev–Trinajstić information content (AvgIpc) is 2.58. The van der Waals surface area contributed by atoms with Crippen molar-refractivity contribution in [1.82, 2.24) is 21.5 Å². The van der Waals surface area contributed by atoms with Crippen molar-refractivity contribution in [3.63, 3.8) is 0 Å². The van der Waals surface area contributed by atoms with Crippen LogP contribution in [0.4, 0.5) is 9.59 Å². The number of hydrogen-bond acceptors (Lipinski definition) is 10. The fourth-order valence-corrected chi connectivity index (χ4v) is 4.03. The number of nitrogens with one attached hydrogen (secondary N) is 4. The molecule has 0 heterocycles. The first kappa shape index (κ1) is 28.1. The Labute approximate surface area is 184 Å². The second kappa shape index (κ2) is 12.7. The number of nitrogens with two attached hydrogens (primary N) is 2. The van der Waals surface area contributed by atoms with Crippen LogP contribution < -0.4 is 33.2 Å². The first-order chi connectivity index (χ1) is 13.7. The van der Waals surface area contributed by atoms with Gasteiger partial charge in [0, 0.05) is 11.5 Å². The third kappa shape index (κ3) is 13.3. The van der Waals surface area contributed by atoms with Gasteiger partial charge in [-0.05, 0) is 41.5 Å². The normalized spacial score (nSPS) is 13.5. The van der Waals surface area contributed by atoms with Crippen LogP contribution in [0.25, 0.3) is 0 Å². The molecule has 12 nitrogen and oxygen atoms in total. The van der Waals surface area contributed by atoms with Crippen molar-refractivity contribution < 1.29 is 28.7 Å². The minimum absolute atomic E-state index is 0.121. The van der Waals surface area contributed by atoms with Gasteiger partial charge in [-0.25, -0.2) is 21.3 Å². The van der Waals surface area contributed by atoms with Crippen LogP contribution in [-0.2, 0) is 19.1 Å². The molecular weight excluding hydrogens is 436 g/mol. The van der Waals surface area contributed by atoms with E-state index in [0.29, 0.717) is 0 Å². The standard InChI is InChI=1S/C16H32N6O6S2/c1-15(2,3)27-13(25)19-9(11(23)21-17)7-29-30-8-10(12(24)22-18)20-14(26)28-16(4,5)6/h9-10H,7-8,17-18H2,1-6H3,(H,19,25)(H,20,26)(H,21,23)(H,22,24)/t9-,10-/m0/s1. The smallest absolute Gasteiger partial charge is 0.408 e. The first-order valence-corrected chi connectivity index (χ1v) is 11.4. The van der Waals surface area contributed by atoms with Crippen molar-refractivity contribution in [2.45, 2.75) is 64.8 Å². The number of ether oxygens (including phenoxy) is 2. The van der Waals surface area contributed by atoms with E-state index in [0.717, 1.165) is 0 Å². The quantitative estimate of drug-likeness (QED) is 0.0892. The lowest BCUT2D eigenvalue weighted by atomic mass is 10.2. The zero-order valence-corrected chi connectivity index (χ0v) is 19.6. The summed E-state index contributed by atoms with van der Waals surface area (Å²) in [6, 6.07) is -1.94. The zero-order valence-electron chi connectivity index (χ0n) is 18.0. The minimum Gasteiger partial charge on any atom is -0.444 e. The number of hydrogen-bond donors (Lipinski definition) is 6. The lowest BCUT2D eigenvalue weighted by molar-refractivity contribution is -0.123. The lowest BCUT2D eigenvalue weighted by Crippen LogP contribution is -2.51. The Hall–Kier alpha value is -1.90. The summed E-state index contributed by atoms with van der Waals surface area (Å²) in [5.74, 6) is 9.33. The van der Waals surface area contributed by atoms with Crippen LogP contribution in [0.15, 0.2) is 0 Å². The fraction of sp³-hybridized carbons (Fsp3) is 0.750. The van der Waals surface area contributed by atoms with Gasteiger partial charge in [-0.15, -0.1) is 0 Å². The Balaban J connectivity index is 4.74. The first-order valence-electron chi connectivity index (χ1n) is 8.93. The van der Waals surface area contributed by atoms with Gasteiger partial charge in [-0.1, -0.05) is 21.6 Å². The van der Waals surface area contributed by atoms with Crippen molar-refractivity contribution in [2.75, 3.05) is 11.5 Å². The van der Waals surface area contributed by atoms with Crippen molar-refractivity contribution in [1.29, 1.82) is 0 Å². The number of hydrazine groups is 2. The number of alkyl carbamates (subject to hydrolysis) is 2. The zero-order chi connectivity index (χ0) is 23.5. The Morgan fingerprint density at radius 2 is 1.03 bits per heavy atom. The molecule has 0 rings (SSSR count). The molecule has 4 amide bonds. The average molecular weight is 469 g/mol. The molecule has 0 aromatic carbocycles. The summed E-state index contributed by atoms with van der Waals surface area (Å²) in [5, 5.41) is 4.86. The molecule has 0 saturated heterocycles. The highest BCUT2D eigenvalue weighted by Crippen LogP contribution is 2.23. The monoisotopic (exact) mass is 468 g/mol. The molecule has 0 fully saturated rings. The molecule has 30 heavy (non-hydrogen) atoms. The van der Waals surface area contributed by atoms with Crippen molar-refractivity contribution in [2.24, 2.45) is 11.7 Å². The fourth-order valence-electron chi connectivity index (χ4n) is 1.70. The van der Waals surface area contributed by atoms with E-state index >= 15 is 0 Å². The summed E-state index contributed by atoms with van der Waals surface area (Å²) >= 11 is 0. The molecular formula is C16H32N6O6S2. The van der Waals surface area contributed by atoms with Gasteiger partial charge < -0.3 is 20.1 Å². The molecule has 2 atom stereocenters. The molecule has 174 valence electrons. The molecule has 0 spiro atoms. The van der Waals surface area contributed by atoms with Crippen molar-refractivity contribution in [3.8, 4) is 0 Å². The van der Waals surface area contributed by atoms with Crippen LogP contribution in [0.3, 0.4) is 0 Å². The van der Waals surface area contributed by atoms with E-state index in [4.69, 9.17) is 21.2 Å². The van der Waals surface area contributed by atoms with E-state index in [1.165, 1.54) is 21.6 Å². The Kier molecular flexibility index (Phi) is 11.9. The van der Waals surface area contributed by atoms with Crippen LogP contribution >= 0.6 is 21.6 Å². The van der Waals surface area contributed by atoms with Crippen molar-refractivity contribution in [3.05, 3.63) is 0 Å². The topological polar surface area (TPSA) is 187 Å². The minimum atomic E-state index is -0.969. The highest BCUT2D eigenvalue weighted by Gasteiger charge is 2.26. The SMILES string of the molecule is CC(C)(C)OC(=O)N[C@@H](CSSC[C@H](NC(=O)OC(C)(C)C)C(=O)NN)C(=O)NN. The van der Waals surface area contributed by atoms with Gasteiger partial charge in [0.05, 0.1) is 0 Å². The largest absolute Gasteiger partial charge is 0.444 e. The van der Waals surface area contributed by atoms with Gasteiger partial charge in [0.2, 0.25) is 0 Å². The molecule has 8 N–H and O–H groups in total. The molecule has 0 radical (unpaired) electrons. The van der Waals surface area contributed by atoms with Gasteiger partial charge in [-0.2, -0.15) is 0 Å². The third-order valence-electron chi connectivity index (χ3n) is 2.85. The summed E-state index contributed by atoms with van der Waals surface area (Å²) in [6.45, 7) is 10.1. The highest BCUT2D eigenvalue weighted by molar-refractivity contribution is 8.76. The van der Waals surface area contributed by atoms with E-state index in [9.17, 15) is 19.2 Å². The van der Waals surface area contributed by atoms with Crippen molar-refractivity contribution >= 4 is 45.6 Å². The Morgan fingerprint density at radius 3 is 1.27 bits per heavy atom. The molecule has 0 aromatic heterocycles. The van der Waals surface area contributed by atoms with E-state index in [1.807, 2.05) is 10.9 Å². The van der Waals surface area contributed by atoms with Crippen LogP contribution in [0.5, 0.6) is 0 Å². The molecule has 0 aliphatic rings. The summed E-state index contributed by atoms with van der Waals surface area (Å²) in [4.78, 5) is 47.6. The Morgan fingerprint density at radius 1 is 0.733 bits per heavy atom. The van der Waals surface area contributed by atoms with E-state index < -0.39 is 47.3 Å². The molecule has 0 bridgehead atoms. The summed E-state index contributed by atoms with van der Waals surface area (Å²) < 4.78 is 10.2. The van der Waals surface area contributed by atoms with Gasteiger partial charge in [0.25, 0.3) is 11.8 Å². The van der Waals surface area contributed by atoms with Gasteiger partial charge in [-0.3, -0.25) is 20.4 Å². The maximum Gasteiger partial charge on any atom is 0.408 e. The molecule has 0 saturated carbocycles. The predicted octanol–water partition coefficient (Wildman–Crippen LogP) is 0.134. The van der Waals surface area contributed by atoms with Crippen LogP contribution in [0.2, 0.25) is 0 Å². The number of rotatable bonds is 9. The predicted molar refractivity (Wildman–Crippen MR) is 116 cm³/mol. The van der Waals surface area contributed by atoms with E-state index in [2.05, 4.69) is 10.6 Å². The van der Waals surface area contributed by atoms with Crippen LogP contribution in [0.1, 0.15) is 41.5 Å². The number of amides is 4. The third-order valence-corrected chi connectivity index (χ3v) is 5.27. The highest BCUT2D eigenvalue weighted by atomic mass is 33.1. The maximum atomic E-state index is 11.9. The lowest BCUT2D eigenvalue weighted by Gasteiger charge is -2.23. The van der Waals surface area contributed by atoms with Gasteiger partial charge >= 0.3 is 12.2 Å². The molecule has 0 unspecified atom stereocenters.